The van der Waals surface area contributed by atoms with Gasteiger partial charge in [-0.05, 0) is 18.6 Å². The molecule has 5 heteroatoms. The lowest BCUT2D eigenvalue weighted by atomic mass is 9.75. The Bertz CT molecular complexity index is 441. The summed E-state index contributed by atoms with van der Waals surface area (Å²) in [5, 5.41) is 0.663. The molecule has 1 heterocycles. The van der Waals surface area contributed by atoms with Gasteiger partial charge in [0.05, 0.1) is 6.61 Å². The molecular weight excluding hydrogens is 274 g/mol. The molecule has 0 radical (unpaired) electrons. The van der Waals surface area contributed by atoms with Crippen molar-refractivity contribution in [1.82, 2.24) is 0 Å². The summed E-state index contributed by atoms with van der Waals surface area (Å²) in [6, 6.07) is 5.60. The largest absolute Gasteiger partial charge is 0.497 e. The predicted molar refractivity (Wildman–Crippen MR) is 82.9 cm³/mol. The fourth-order valence-electron chi connectivity index (χ4n) is 2.03. The summed E-state index contributed by atoms with van der Waals surface area (Å²) >= 11 is 6.05. The standard InChI is InChI=1S/C15H22BClO3/c1-4-5-8-18-14-9-12(17)6-7-13(14)16-19-10-15(2,3)11-20-16/h6-7,9H,4-5,8,10-11H2,1-3H3. The third-order valence-corrected chi connectivity index (χ3v) is 3.47. The average Bonchev–Trinajstić information content (AvgIpc) is 2.40. The molecule has 0 spiro atoms. The van der Waals surface area contributed by atoms with Gasteiger partial charge >= 0.3 is 7.12 Å². The van der Waals surface area contributed by atoms with E-state index in [0.717, 1.165) is 24.1 Å². The fourth-order valence-corrected chi connectivity index (χ4v) is 2.19. The molecule has 0 amide bonds. The van der Waals surface area contributed by atoms with Crippen LogP contribution in [-0.2, 0) is 9.31 Å². The van der Waals surface area contributed by atoms with E-state index >= 15 is 0 Å². The monoisotopic (exact) mass is 296 g/mol. The molecule has 3 nitrogen and oxygen atoms in total. The molecule has 0 aliphatic carbocycles. The van der Waals surface area contributed by atoms with Crippen molar-refractivity contribution in [3.63, 3.8) is 0 Å². The lowest BCUT2D eigenvalue weighted by molar-refractivity contribution is 0.0341. The van der Waals surface area contributed by atoms with Crippen molar-refractivity contribution in [3.05, 3.63) is 23.2 Å². The molecule has 0 aromatic heterocycles. The number of halogens is 1. The Kier molecular flexibility index (Phi) is 5.36. The summed E-state index contributed by atoms with van der Waals surface area (Å²) in [6.45, 7) is 8.43. The zero-order chi connectivity index (χ0) is 14.6. The molecular formula is C15H22BClO3. The summed E-state index contributed by atoms with van der Waals surface area (Å²) in [7, 11) is -0.364. The van der Waals surface area contributed by atoms with Crippen LogP contribution in [0.1, 0.15) is 33.6 Å². The molecule has 1 aromatic carbocycles. The minimum Gasteiger partial charge on any atom is -0.494 e. The van der Waals surface area contributed by atoms with Crippen molar-refractivity contribution >= 4 is 24.2 Å². The number of ether oxygens (including phenoxy) is 1. The van der Waals surface area contributed by atoms with Crippen molar-refractivity contribution < 1.29 is 14.0 Å². The number of rotatable bonds is 5. The van der Waals surface area contributed by atoms with Gasteiger partial charge in [0.1, 0.15) is 5.75 Å². The zero-order valence-corrected chi connectivity index (χ0v) is 13.2. The van der Waals surface area contributed by atoms with Gasteiger partial charge in [0.15, 0.2) is 0 Å². The molecule has 0 bridgehead atoms. The Morgan fingerprint density at radius 1 is 1.30 bits per heavy atom. The summed E-state index contributed by atoms with van der Waals surface area (Å²) in [5.41, 5.74) is 0.979. The average molecular weight is 297 g/mol. The van der Waals surface area contributed by atoms with E-state index in [9.17, 15) is 0 Å². The van der Waals surface area contributed by atoms with Crippen LogP contribution in [0.4, 0.5) is 0 Å². The van der Waals surface area contributed by atoms with Gasteiger partial charge < -0.3 is 14.0 Å². The lowest BCUT2D eigenvalue weighted by Gasteiger charge is -2.33. The van der Waals surface area contributed by atoms with E-state index in [1.807, 2.05) is 18.2 Å². The highest BCUT2D eigenvalue weighted by Gasteiger charge is 2.35. The van der Waals surface area contributed by atoms with Crippen LogP contribution in [0.15, 0.2) is 18.2 Å². The molecule has 0 saturated carbocycles. The smallest absolute Gasteiger partial charge is 0.494 e. The first kappa shape index (κ1) is 15.7. The summed E-state index contributed by atoms with van der Waals surface area (Å²) in [4.78, 5) is 0. The Balaban J connectivity index is 2.10. The second-order valence-corrected chi connectivity index (χ2v) is 6.44. The van der Waals surface area contributed by atoms with E-state index in [0.29, 0.717) is 24.8 Å². The summed E-state index contributed by atoms with van der Waals surface area (Å²) in [6.07, 6.45) is 2.12. The number of benzene rings is 1. The van der Waals surface area contributed by atoms with E-state index in [2.05, 4.69) is 20.8 Å². The highest BCUT2D eigenvalue weighted by Crippen LogP contribution is 2.24. The summed E-state index contributed by atoms with van der Waals surface area (Å²) in [5.74, 6) is 0.760. The minimum atomic E-state index is -0.364. The van der Waals surface area contributed by atoms with Gasteiger partial charge in [-0.3, -0.25) is 0 Å². The van der Waals surface area contributed by atoms with Crippen LogP contribution in [0.5, 0.6) is 5.75 Å². The summed E-state index contributed by atoms with van der Waals surface area (Å²) < 4.78 is 17.5. The number of hydrogen-bond donors (Lipinski definition) is 0. The van der Waals surface area contributed by atoms with Gasteiger partial charge in [0.25, 0.3) is 0 Å². The topological polar surface area (TPSA) is 27.7 Å². The molecule has 1 fully saturated rings. The highest BCUT2D eigenvalue weighted by molar-refractivity contribution is 6.62. The van der Waals surface area contributed by atoms with Crippen LogP contribution < -0.4 is 10.2 Å². The van der Waals surface area contributed by atoms with Crippen molar-refractivity contribution in [1.29, 1.82) is 0 Å². The van der Waals surface area contributed by atoms with Gasteiger partial charge in [-0.2, -0.15) is 0 Å². The van der Waals surface area contributed by atoms with Crippen LogP contribution in [0.3, 0.4) is 0 Å². The van der Waals surface area contributed by atoms with Gasteiger partial charge in [-0.25, -0.2) is 0 Å². The van der Waals surface area contributed by atoms with Crippen LogP contribution in [-0.4, -0.2) is 26.9 Å². The Morgan fingerprint density at radius 3 is 2.65 bits per heavy atom. The van der Waals surface area contributed by atoms with Gasteiger partial charge in [0, 0.05) is 29.1 Å². The van der Waals surface area contributed by atoms with E-state index in [-0.39, 0.29) is 12.5 Å². The molecule has 20 heavy (non-hydrogen) atoms. The minimum absolute atomic E-state index is 0.0617. The normalized spacial score (nSPS) is 18.1. The fraction of sp³-hybridized carbons (Fsp3) is 0.600. The van der Waals surface area contributed by atoms with Crippen LogP contribution in [0.2, 0.25) is 5.02 Å². The van der Waals surface area contributed by atoms with Gasteiger partial charge in [-0.15, -0.1) is 0 Å². The predicted octanol–water partition coefficient (Wildman–Crippen LogP) is 3.29. The first-order valence-electron chi connectivity index (χ1n) is 7.17. The van der Waals surface area contributed by atoms with E-state index in [1.54, 1.807) is 0 Å². The molecule has 2 rings (SSSR count). The maximum Gasteiger partial charge on any atom is 0.497 e. The van der Waals surface area contributed by atoms with E-state index in [1.165, 1.54) is 0 Å². The second-order valence-electron chi connectivity index (χ2n) is 6.00. The maximum atomic E-state index is 6.05. The molecule has 110 valence electrons. The number of hydrogen-bond acceptors (Lipinski definition) is 3. The molecule has 0 atom stereocenters. The zero-order valence-electron chi connectivity index (χ0n) is 12.4. The first-order valence-corrected chi connectivity index (χ1v) is 7.55. The third kappa shape index (κ3) is 4.14. The molecule has 0 N–H and O–H groups in total. The number of unbranched alkanes of at least 4 members (excludes halogenated alkanes) is 1. The van der Waals surface area contributed by atoms with Crippen LogP contribution in [0.25, 0.3) is 0 Å². The highest BCUT2D eigenvalue weighted by atomic mass is 35.5. The van der Waals surface area contributed by atoms with Crippen molar-refractivity contribution in [2.45, 2.75) is 33.6 Å². The molecule has 1 aromatic rings. The van der Waals surface area contributed by atoms with Crippen molar-refractivity contribution in [2.75, 3.05) is 19.8 Å². The molecule has 1 aliphatic heterocycles. The van der Waals surface area contributed by atoms with Crippen LogP contribution >= 0.6 is 11.6 Å². The third-order valence-electron chi connectivity index (χ3n) is 3.24. The maximum absolute atomic E-state index is 6.05. The van der Waals surface area contributed by atoms with Crippen molar-refractivity contribution in [2.24, 2.45) is 5.41 Å². The van der Waals surface area contributed by atoms with Gasteiger partial charge in [-0.1, -0.05) is 44.9 Å². The van der Waals surface area contributed by atoms with Crippen molar-refractivity contribution in [3.8, 4) is 5.75 Å². The van der Waals surface area contributed by atoms with Gasteiger partial charge in [0.2, 0.25) is 0 Å². The SMILES string of the molecule is CCCCOc1cc(Cl)ccc1B1OCC(C)(C)CO1. The van der Waals surface area contributed by atoms with E-state index in [4.69, 9.17) is 25.6 Å². The Morgan fingerprint density at radius 2 is 2.00 bits per heavy atom. The van der Waals surface area contributed by atoms with Crippen LogP contribution in [0, 0.1) is 5.41 Å². The quantitative estimate of drug-likeness (QED) is 0.616. The second kappa shape index (κ2) is 6.84. The first-order chi connectivity index (χ1) is 9.52. The Labute approximate surface area is 126 Å². The molecule has 1 aliphatic rings. The lowest BCUT2D eigenvalue weighted by Crippen LogP contribution is -2.47. The van der Waals surface area contributed by atoms with E-state index < -0.39 is 0 Å². The molecule has 0 unspecified atom stereocenters. The molecule has 1 saturated heterocycles. The Hall–Kier alpha value is -0.705.